The van der Waals surface area contributed by atoms with Gasteiger partial charge in [-0.15, -0.1) is 24.0 Å². The van der Waals surface area contributed by atoms with Crippen molar-refractivity contribution in [2.45, 2.75) is 32.9 Å². The van der Waals surface area contributed by atoms with Gasteiger partial charge < -0.3 is 20.1 Å². The van der Waals surface area contributed by atoms with Gasteiger partial charge in [-0.1, -0.05) is 24.3 Å². The number of hydrogen-bond acceptors (Lipinski definition) is 6. The molecule has 0 fully saturated rings. The molecule has 178 valence electrons. The Balaban J connectivity index is 0.00000512. The molecule has 2 rings (SSSR count). The highest BCUT2D eigenvalue weighted by atomic mass is 127. The zero-order valence-corrected chi connectivity index (χ0v) is 21.9. The molecule has 0 spiro atoms. The summed E-state index contributed by atoms with van der Waals surface area (Å²) in [5, 5.41) is 6.41. The number of halogens is 1. The molecule has 1 atom stereocenters. The van der Waals surface area contributed by atoms with Crippen molar-refractivity contribution in [3.63, 3.8) is 0 Å². The topological polar surface area (TPSA) is 102 Å². The lowest BCUT2D eigenvalue weighted by Gasteiger charge is -2.17. The van der Waals surface area contributed by atoms with Crippen LogP contribution >= 0.6 is 24.0 Å². The van der Waals surface area contributed by atoms with E-state index in [4.69, 9.17) is 9.47 Å². The summed E-state index contributed by atoms with van der Waals surface area (Å²) in [5.74, 6) is 2.12. The lowest BCUT2D eigenvalue weighted by molar-refractivity contribution is 0.212. The van der Waals surface area contributed by atoms with Gasteiger partial charge in [-0.05, 0) is 38.0 Å². The summed E-state index contributed by atoms with van der Waals surface area (Å²) >= 11 is 0. The molecule has 1 unspecified atom stereocenters. The van der Waals surface area contributed by atoms with E-state index in [-0.39, 0.29) is 35.8 Å². The maximum absolute atomic E-state index is 11.3. The number of sulfone groups is 1. The van der Waals surface area contributed by atoms with Gasteiger partial charge in [0.15, 0.2) is 5.96 Å². The number of rotatable bonds is 12. The second kappa shape index (κ2) is 14.9. The molecule has 8 nitrogen and oxygen atoms in total. The van der Waals surface area contributed by atoms with E-state index >= 15 is 0 Å². The molecule has 0 aliphatic heterocycles. The van der Waals surface area contributed by atoms with Gasteiger partial charge >= 0.3 is 0 Å². The van der Waals surface area contributed by atoms with Gasteiger partial charge in [-0.3, -0.25) is 0 Å². The number of benzene rings is 1. The van der Waals surface area contributed by atoms with Crippen molar-refractivity contribution in [3.05, 3.63) is 54.2 Å². The molecule has 1 aromatic carbocycles. The smallest absolute Gasteiger partial charge is 0.213 e. The third kappa shape index (κ3) is 12.1. The third-order valence-electron chi connectivity index (χ3n) is 4.21. The van der Waals surface area contributed by atoms with Crippen LogP contribution in [0.15, 0.2) is 53.7 Å². The predicted molar refractivity (Wildman–Crippen MR) is 139 cm³/mol. The molecule has 0 radical (unpaired) electrons. The van der Waals surface area contributed by atoms with Gasteiger partial charge in [-0.2, -0.15) is 0 Å². The van der Waals surface area contributed by atoms with Gasteiger partial charge in [0.2, 0.25) is 5.88 Å². The number of pyridine rings is 1. The molecule has 0 bridgehead atoms. The molecule has 10 heteroatoms. The van der Waals surface area contributed by atoms with Crippen molar-refractivity contribution in [2.24, 2.45) is 4.99 Å². The minimum atomic E-state index is -2.98. The van der Waals surface area contributed by atoms with E-state index in [1.807, 2.05) is 56.3 Å². The van der Waals surface area contributed by atoms with Gasteiger partial charge in [0.25, 0.3) is 0 Å². The van der Waals surface area contributed by atoms with Crippen molar-refractivity contribution in [2.75, 3.05) is 31.8 Å². The molecule has 0 saturated heterocycles. The molecule has 32 heavy (non-hydrogen) atoms. The average molecular weight is 577 g/mol. The van der Waals surface area contributed by atoms with Crippen molar-refractivity contribution >= 4 is 39.8 Å². The lowest BCUT2D eigenvalue weighted by atomic mass is 10.2. The highest BCUT2D eigenvalue weighted by Crippen LogP contribution is 2.10. The predicted octanol–water partition coefficient (Wildman–Crippen LogP) is 3.04. The van der Waals surface area contributed by atoms with E-state index in [2.05, 4.69) is 20.6 Å². The molecule has 0 amide bonds. The number of aromatic nitrogens is 1. The average Bonchev–Trinajstić information content (AvgIpc) is 2.75. The van der Waals surface area contributed by atoms with Crippen LogP contribution < -0.4 is 20.1 Å². The summed E-state index contributed by atoms with van der Waals surface area (Å²) < 4.78 is 33.9. The van der Waals surface area contributed by atoms with Crippen molar-refractivity contribution < 1.29 is 17.9 Å². The Morgan fingerprint density at radius 1 is 1.12 bits per heavy atom. The monoisotopic (exact) mass is 576 g/mol. The number of hydrogen-bond donors (Lipinski definition) is 2. The summed E-state index contributed by atoms with van der Waals surface area (Å²) in [6.45, 7) is 5.91. The van der Waals surface area contributed by atoms with Gasteiger partial charge in [-0.25, -0.2) is 18.4 Å². The Hall–Kier alpha value is -2.08. The lowest BCUT2D eigenvalue weighted by Crippen LogP contribution is -2.42. The SMILES string of the molecule is CCNC(=NCc1ccc(OCCOc2ccccc2)nc1)NC(C)CCS(C)(=O)=O.I. The third-order valence-corrected chi connectivity index (χ3v) is 5.19. The van der Waals surface area contributed by atoms with Crippen LogP contribution in [0.1, 0.15) is 25.8 Å². The Kier molecular flexibility index (Phi) is 13.0. The van der Waals surface area contributed by atoms with Crippen molar-refractivity contribution in [1.29, 1.82) is 0 Å². The van der Waals surface area contributed by atoms with Crippen LogP contribution in [0.2, 0.25) is 0 Å². The second-order valence-corrected chi connectivity index (χ2v) is 9.43. The summed E-state index contributed by atoms with van der Waals surface area (Å²) in [6.07, 6.45) is 3.49. The first-order chi connectivity index (χ1) is 14.9. The van der Waals surface area contributed by atoms with Crippen molar-refractivity contribution in [1.82, 2.24) is 15.6 Å². The molecule has 2 N–H and O–H groups in total. The second-order valence-electron chi connectivity index (χ2n) is 7.17. The Morgan fingerprint density at radius 2 is 1.84 bits per heavy atom. The van der Waals surface area contributed by atoms with E-state index < -0.39 is 9.84 Å². The van der Waals surface area contributed by atoms with Crippen LogP contribution in [0.4, 0.5) is 0 Å². The minimum Gasteiger partial charge on any atom is -0.490 e. The molecule has 1 heterocycles. The molecular formula is C22H33IN4O4S. The van der Waals surface area contributed by atoms with Gasteiger partial charge in [0.1, 0.15) is 28.8 Å². The minimum absolute atomic E-state index is 0. The fraction of sp³-hybridized carbons (Fsp3) is 0.455. The molecule has 2 aromatic rings. The normalized spacial score (nSPS) is 12.4. The van der Waals surface area contributed by atoms with Crippen LogP contribution in [0.5, 0.6) is 11.6 Å². The largest absolute Gasteiger partial charge is 0.490 e. The zero-order valence-electron chi connectivity index (χ0n) is 18.8. The van der Waals surface area contributed by atoms with E-state index in [9.17, 15) is 8.42 Å². The van der Waals surface area contributed by atoms with Gasteiger partial charge in [0.05, 0.1) is 12.3 Å². The number of nitrogens with zero attached hydrogens (tertiary/aromatic N) is 2. The van der Waals surface area contributed by atoms with Crippen LogP contribution in [-0.2, 0) is 16.4 Å². The zero-order chi connectivity index (χ0) is 22.5. The summed E-state index contributed by atoms with van der Waals surface area (Å²) in [7, 11) is -2.98. The fourth-order valence-electron chi connectivity index (χ4n) is 2.60. The Labute approximate surface area is 208 Å². The number of nitrogens with one attached hydrogen (secondary N) is 2. The van der Waals surface area contributed by atoms with Gasteiger partial charge in [0, 0.05) is 31.1 Å². The van der Waals surface area contributed by atoms with Crippen molar-refractivity contribution in [3.8, 4) is 11.6 Å². The maximum atomic E-state index is 11.3. The highest BCUT2D eigenvalue weighted by Gasteiger charge is 2.09. The molecular weight excluding hydrogens is 543 g/mol. The number of guanidine groups is 1. The standard InChI is InChI=1S/C22H32N4O4S.HI/c1-4-23-22(26-18(2)12-15-31(3,27)28)25-17-19-10-11-21(24-16-19)30-14-13-29-20-8-6-5-7-9-20;/h5-11,16,18H,4,12-15,17H2,1-3H3,(H2,23,25,26);1H. The summed E-state index contributed by atoms with van der Waals surface area (Å²) in [6, 6.07) is 13.3. The Bertz CT molecular complexity index is 909. The first-order valence-electron chi connectivity index (χ1n) is 10.3. The molecule has 0 aliphatic carbocycles. The number of ether oxygens (including phenoxy) is 2. The maximum Gasteiger partial charge on any atom is 0.213 e. The number of aliphatic imine (C=N–C) groups is 1. The van der Waals surface area contributed by atoms with E-state index in [1.165, 1.54) is 6.26 Å². The van der Waals surface area contributed by atoms with E-state index in [0.29, 0.717) is 44.6 Å². The molecule has 0 saturated carbocycles. The first kappa shape index (κ1) is 28.0. The molecule has 0 aliphatic rings. The highest BCUT2D eigenvalue weighted by molar-refractivity contribution is 14.0. The van der Waals surface area contributed by atoms with Crippen LogP contribution in [0.3, 0.4) is 0 Å². The number of para-hydroxylation sites is 1. The van der Waals surface area contributed by atoms with Crippen LogP contribution in [-0.4, -0.2) is 57.2 Å². The fourth-order valence-corrected chi connectivity index (χ4v) is 3.38. The van der Waals surface area contributed by atoms with E-state index in [1.54, 1.807) is 6.20 Å². The molecule has 1 aromatic heterocycles. The summed E-state index contributed by atoms with van der Waals surface area (Å²) in [5.41, 5.74) is 0.939. The van der Waals surface area contributed by atoms with Crippen LogP contribution in [0, 0.1) is 0 Å². The first-order valence-corrected chi connectivity index (χ1v) is 12.4. The quantitative estimate of drug-likeness (QED) is 0.173. The summed E-state index contributed by atoms with van der Waals surface area (Å²) in [4.78, 5) is 8.86. The van der Waals surface area contributed by atoms with E-state index in [0.717, 1.165) is 11.3 Å². The Morgan fingerprint density at radius 3 is 2.47 bits per heavy atom. The van der Waals surface area contributed by atoms with Crippen LogP contribution in [0.25, 0.3) is 0 Å².